The number of nitrogens with zero attached hydrogens (tertiary/aromatic N) is 2. The highest BCUT2D eigenvalue weighted by Crippen LogP contribution is 2.22. The van der Waals surface area contributed by atoms with E-state index < -0.39 is 0 Å². The summed E-state index contributed by atoms with van der Waals surface area (Å²) in [7, 11) is 1.71. The molecule has 1 aromatic heterocycles. The lowest BCUT2D eigenvalue weighted by Gasteiger charge is -2.14. The van der Waals surface area contributed by atoms with Crippen molar-refractivity contribution in [1.82, 2.24) is 9.55 Å². The Bertz CT molecular complexity index is 566. The van der Waals surface area contributed by atoms with Gasteiger partial charge in [-0.3, -0.25) is 0 Å². The zero-order valence-electron chi connectivity index (χ0n) is 12.9. The van der Waals surface area contributed by atoms with Gasteiger partial charge in [-0.15, -0.1) is 12.4 Å². The summed E-state index contributed by atoms with van der Waals surface area (Å²) in [4.78, 5) is 4.36. The molecule has 5 heteroatoms. The maximum absolute atomic E-state index is 5.88. The van der Waals surface area contributed by atoms with Gasteiger partial charge >= 0.3 is 0 Å². The third kappa shape index (κ3) is 4.48. The minimum Gasteiger partial charge on any atom is -0.496 e. The molecule has 1 heterocycles. The number of benzene rings is 1. The van der Waals surface area contributed by atoms with Crippen LogP contribution in [0, 0.1) is 0 Å². The number of hydrogen-bond donors (Lipinski definition) is 1. The van der Waals surface area contributed by atoms with E-state index in [1.54, 1.807) is 7.11 Å². The molecule has 0 aliphatic heterocycles. The number of ether oxygens (including phenoxy) is 1. The minimum atomic E-state index is 0. The molecule has 0 saturated carbocycles. The van der Waals surface area contributed by atoms with Gasteiger partial charge in [-0.05, 0) is 25.0 Å². The summed E-state index contributed by atoms with van der Waals surface area (Å²) < 4.78 is 7.62. The molecule has 0 aliphatic carbocycles. The highest BCUT2D eigenvalue weighted by Gasteiger charge is 2.08. The SMILES string of the molecule is CCc1nccn1Cc1cc(CC(C)N)ccc1OC.Cl. The van der Waals surface area contributed by atoms with Gasteiger partial charge in [0.05, 0.1) is 13.7 Å². The van der Waals surface area contributed by atoms with E-state index in [1.165, 1.54) is 11.1 Å². The summed E-state index contributed by atoms with van der Waals surface area (Å²) in [5.41, 5.74) is 8.29. The Morgan fingerprint density at radius 3 is 2.76 bits per heavy atom. The molecule has 0 amide bonds. The van der Waals surface area contributed by atoms with Crippen molar-refractivity contribution in [3.63, 3.8) is 0 Å². The average Bonchev–Trinajstić information content (AvgIpc) is 2.85. The number of aryl methyl sites for hydroxylation is 1. The molecule has 0 radical (unpaired) electrons. The fourth-order valence-electron chi connectivity index (χ4n) is 2.44. The molecule has 0 saturated heterocycles. The quantitative estimate of drug-likeness (QED) is 0.892. The summed E-state index contributed by atoms with van der Waals surface area (Å²) in [6.45, 7) is 4.91. The standard InChI is InChI=1S/C16H23N3O.ClH/c1-4-16-18-7-8-19(16)11-14-10-13(9-12(2)17)5-6-15(14)20-3;/h5-8,10,12H,4,9,11,17H2,1-3H3;1H. The van der Waals surface area contributed by atoms with Crippen LogP contribution >= 0.6 is 12.4 Å². The average molecular weight is 310 g/mol. The van der Waals surface area contributed by atoms with Crippen molar-refractivity contribution in [1.29, 1.82) is 0 Å². The number of imidazole rings is 1. The molecule has 4 nitrogen and oxygen atoms in total. The summed E-state index contributed by atoms with van der Waals surface area (Å²) in [5.74, 6) is 2.00. The molecule has 0 fully saturated rings. The first-order chi connectivity index (χ1) is 9.63. The van der Waals surface area contributed by atoms with E-state index in [4.69, 9.17) is 10.5 Å². The van der Waals surface area contributed by atoms with E-state index in [-0.39, 0.29) is 18.4 Å². The maximum atomic E-state index is 5.88. The summed E-state index contributed by atoms with van der Waals surface area (Å²) in [6, 6.07) is 6.45. The van der Waals surface area contributed by atoms with Crippen LogP contribution in [0.5, 0.6) is 5.75 Å². The molecule has 2 aromatic rings. The van der Waals surface area contributed by atoms with Crippen molar-refractivity contribution in [3.8, 4) is 5.75 Å². The molecule has 0 bridgehead atoms. The Balaban J connectivity index is 0.00000220. The number of halogens is 1. The van der Waals surface area contributed by atoms with Crippen molar-refractivity contribution >= 4 is 12.4 Å². The fourth-order valence-corrected chi connectivity index (χ4v) is 2.44. The second kappa shape index (κ2) is 8.05. The van der Waals surface area contributed by atoms with E-state index in [0.717, 1.165) is 31.0 Å². The summed E-state index contributed by atoms with van der Waals surface area (Å²) in [6.07, 6.45) is 5.66. The fraction of sp³-hybridized carbons (Fsp3) is 0.438. The number of aromatic nitrogens is 2. The molecule has 1 aromatic carbocycles. The third-order valence-corrected chi connectivity index (χ3v) is 3.36. The first-order valence-corrected chi connectivity index (χ1v) is 7.05. The zero-order valence-corrected chi connectivity index (χ0v) is 13.7. The molecule has 2 N–H and O–H groups in total. The second-order valence-electron chi connectivity index (χ2n) is 5.15. The van der Waals surface area contributed by atoms with Gasteiger partial charge in [-0.1, -0.05) is 19.1 Å². The largest absolute Gasteiger partial charge is 0.496 e. The van der Waals surface area contributed by atoms with Gasteiger partial charge in [0, 0.05) is 30.4 Å². The predicted octanol–water partition coefficient (Wildman–Crippen LogP) is 2.81. The first-order valence-electron chi connectivity index (χ1n) is 7.05. The molecule has 21 heavy (non-hydrogen) atoms. The Kier molecular flexibility index (Phi) is 6.72. The van der Waals surface area contributed by atoms with Crippen molar-refractivity contribution in [2.75, 3.05) is 7.11 Å². The molecule has 0 spiro atoms. The van der Waals surface area contributed by atoms with E-state index >= 15 is 0 Å². The molecule has 1 atom stereocenters. The van der Waals surface area contributed by atoms with E-state index in [0.29, 0.717) is 0 Å². The van der Waals surface area contributed by atoms with Gasteiger partial charge in [0.15, 0.2) is 0 Å². The van der Waals surface area contributed by atoms with Gasteiger partial charge in [0.1, 0.15) is 11.6 Å². The summed E-state index contributed by atoms with van der Waals surface area (Å²) >= 11 is 0. The minimum absolute atomic E-state index is 0. The highest BCUT2D eigenvalue weighted by molar-refractivity contribution is 5.85. The Labute approximate surface area is 132 Å². The maximum Gasteiger partial charge on any atom is 0.123 e. The highest BCUT2D eigenvalue weighted by atomic mass is 35.5. The smallest absolute Gasteiger partial charge is 0.123 e. The van der Waals surface area contributed by atoms with Crippen LogP contribution in [0.25, 0.3) is 0 Å². The van der Waals surface area contributed by atoms with Crippen LogP contribution in [0.1, 0.15) is 30.8 Å². The predicted molar refractivity (Wildman–Crippen MR) is 88.3 cm³/mol. The van der Waals surface area contributed by atoms with Gasteiger partial charge in [-0.2, -0.15) is 0 Å². The van der Waals surface area contributed by atoms with Gasteiger partial charge in [0.2, 0.25) is 0 Å². The van der Waals surface area contributed by atoms with Crippen molar-refractivity contribution in [3.05, 3.63) is 47.5 Å². The van der Waals surface area contributed by atoms with Crippen LogP contribution < -0.4 is 10.5 Å². The van der Waals surface area contributed by atoms with Crippen LogP contribution in [-0.4, -0.2) is 22.7 Å². The van der Waals surface area contributed by atoms with Crippen molar-refractivity contribution in [2.24, 2.45) is 5.73 Å². The molecular weight excluding hydrogens is 286 g/mol. The van der Waals surface area contributed by atoms with Crippen molar-refractivity contribution < 1.29 is 4.74 Å². The number of nitrogens with two attached hydrogens (primary N) is 1. The monoisotopic (exact) mass is 309 g/mol. The Hall–Kier alpha value is -1.52. The molecule has 116 valence electrons. The lowest BCUT2D eigenvalue weighted by molar-refractivity contribution is 0.408. The topological polar surface area (TPSA) is 53.1 Å². The van der Waals surface area contributed by atoms with Crippen LogP contribution in [0.4, 0.5) is 0 Å². The van der Waals surface area contributed by atoms with Gasteiger partial charge in [0.25, 0.3) is 0 Å². The van der Waals surface area contributed by atoms with Gasteiger partial charge < -0.3 is 15.0 Å². The van der Waals surface area contributed by atoms with Gasteiger partial charge in [-0.25, -0.2) is 4.98 Å². The van der Waals surface area contributed by atoms with E-state index in [9.17, 15) is 0 Å². The zero-order chi connectivity index (χ0) is 14.5. The van der Waals surface area contributed by atoms with Crippen LogP contribution in [0.2, 0.25) is 0 Å². The van der Waals surface area contributed by atoms with E-state index in [2.05, 4.69) is 28.6 Å². The summed E-state index contributed by atoms with van der Waals surface area (Å²) in [5, 5.41) is 0. The number of hydrogen-bond acceptors (Lipinski definition) is 3. The van der Waals surface area contributed by atoms with Crippen molar-refractivity contribution in [2.45, 2.75) is 39.3 Å². The lowest BCUT2D eigenvalue weighted by atomic mass is 10.0. The molecule has 0 aliphatic rings. The van der Waals surface area contributed by atoms with Crippen LogP contribution in [0.3, 0.4) is 0 Å². The molecule has 1 unspecified atom stereocenters. The Morgan fingerprint density at radius 1 is 1.38 bits per heavy atom. The number of methoxy groups -OCH3 is 1. The second-order valence-corrected chi connectivity index (χ2v) is 5.15. The normalized spacial score (nSPS) is 11.8. The van der Waals surface area contributed by atoms with Crippen LogP contribution in [0.15, 0.2) is 30.6 Å². The molecule has 2 rings (SSSR count). The Morgan fingerprint density at radius 2 is 2.14 bits per heavy atom. The third-order valence-electron chi connectivity index (χ3n) is 3.36. The van der Waals surface area contributed by atoms with E-state index in [1.807, 2.05) is 25.4 Å². The van der Waals surface area contributed by atoms with Crippen LogP contribution in [-0.2, 0) is 19.4 Å². The lowest BCUT2D eigenvalue weighted by Crippen LogP contribution is -2.18. The molecular formula is C16H24ClN3O. The first kappa shape index (κ1) is 17.5. The number of rotatable bonds is 6.